The molecule has 7 nitrogen and oxygen atoms in total. The Labute approximate surface area is 227 Å². The third kappa shape index (κ3) is 8.84. The second-order valence-electron chi connectivity index (χ2n) is 10.8. The highest BCUT2D eigenvalue weighted by atomic mass is 32.2. The molecule has 3 N–H and O–H groups in total. The smallest absolute Gasteiger partial charge is 0.213 e. The molecule has 0 heterocycles. The summed E-state index contributed by atoms with van der Waals surface area (Å²) in [6.45, 7) is 6.07. The summed E-state index contributed by atoms with van der Waals surface area (Å²) in [6, 6.07) is 13.5. The van der Waals surface area contributed by atoms with Gasteiger partial charge in [-0.25, -0.2) is 30.7 Å². The first-order valence-electron chi connectivity index (χ1n) is 13.3. The summed E-state index contributed by atoms with van der Waals surface area (Å²) in [7, 11) is -6.73. The molecule has 0 aromatic heterocycles. The Bertz CT molecular complexity index is 1240. The molecule has 2 aromatic carbocycles. The van der Waals surface area contributed by atoms with Crippen molar-refractivity contribution < 1.29 is 26.3 Å². The Hall–Kier alpha value is -1.85. The molecule has 2 aromatic rings. The van der Waals surface area contributed by atoms with Crippen LogP contribution in [-0.2, 0) is 38.5 Å². The average Bonchev–Trinajstić information content (AvgIpc) is 2.87. The summed E-state index contributed by atoms with van der Waals surface area (Å²) in [5.41, 5.74) is 1.68. The number of halogens is 1. The predicted molar refractivity (Wildman–Crippen MR) is 149 cm³/mol. The molecule has 1 aliphatic rings. The van der Waals surface area contributed by atoms with Gasteiger partial charge in [0.05, 0.1) is 16.6 Å². The van der Waals surface area contributed by atoms with E-state index in [-0.39, 0.29) is 24.0 Å². The van der Waals surface area contributed by atoms with Crippen molar-refractivity contribution in [2.45, 2.75) is 70.1 Å². The van der Waals surface area contributed by atoms with Gasteiger partial charge in [-0.15, -0.1) is 0 Å². The van der Waals surface area contributed by atoms with Gasteiger partial charge >= 0.3 is 0 Å². The van der Waals surface area contributed by atoms with Crippen molar-refractivity contribution in [1.29, 1.82) is 0 Å². The van der Waals surface area contributed by atoms with Crippen molar-refractivity contribution in [3.05, 3.63) is 71.0 Å². The first-order chi connectivity index (χ1) is 17.8. The highest BCUT2D eigenvalue weighted by molar-refractivity contribution is 7.90. The Morgan fingerprint density at radius 3 is 2.03 bits per heavy atom. The van der Waals surface area contributed by atoms with E-state index in [2.05, 4.69) is 16.4 Å². The van der Waals surface area contributed by atoms with E-state index in [9.17, 15) is 26.3 Å². The van der Waals surface area contributed by atoms with E-state index in [1.165, 1.54) is 12.1 Å². The lowest BCUT2D eigenvalue weighted by molar-refractivity contribution is -0.0207. The minimum atomic E-state index is -3.45. The molecule has 0 spiro atoms. The van der Waals surface area contributed by atoms with E-state index in [1.54, 1.807) is 26.0 Å². The minimum Gasteiger partial charge on any atom is -0.385 e. The average molecular weight is 569 g/mol. The molecule has 1 fully saturated rings. The van der Waals surface area contributed by atoms with Crippen LogP contribution in [0.3, 0.4) is 0 Å². The molecule has 1 aliphatic carbocycles. The number of hydrogen-bond donors (Lipinski definition) is 3. The van der Waals surface area contributed by atoms with Crippen molar-refractivity contribution in [3.8, 4) is 0 Å². The van der Waals surface area contributed by atoms with E-state index < -0.39 is 30.9 Å². The van der Waals surface area contributed by atoms with Gasteiger partial charge in [0.2, 0.25) is 20.0 Å². The molecule has 0 bridgehead atoms. The van der Waals surface area contributed by atoms with Gasteiger partial charge in [0.25, 0.3) is 0 Å². The van der Waals surface area contributed by atoms with Crippen LogP contribution in [0.1, 0.15) is 63.1 Å². The number of aryl methyl sites for hydroxylation is 1. The first kappa shape index (κ1) is 30.7. The first-order valence-corrected chi connectivity index (χ1v) is 16.5. The van der Waals surface area contributed by atoms with Crippen molar-refractivity contribution in [1.82, 2.24) is 9.44 Å². The lowest BCUT2D eigenvalue weighted by Crippen LogP contribution is -2.38. The summed E-state index contributed by atoms with van der Waals surface area (Å²) in [6.07, 6.45) is 3.72. The van der Waals surface area contributed by atoms with Gasteiger partial charge in [-0.3, -0.25) is 0 Å². The highest BCUT2D eigenvalue weighted by Gasteiger charge is 2.36. The zero-order chi connectivity index (χ0) is 28.0. The van der Waals surface area contributed by atoms with Gasteiger partial charge in [0.1, 0.15) is 5.82 Å². The van der Waals surface area contributed by atoms with Crippen LogP contribution in [-0.4, -0.2) is 46.0 Å². The minimum absolute atomic E-state index is 0.0617. The van der Waals surface area contributed by atoms with Crippen LogP contribution >= 0.6 is 0 Å². The molecule has 0 radical (unpaired) electrons. The van der Waals surface area contributed by atoms with Crippen LogP contribution in [0.4, 0.5) is 4.39 Å². The molecule has 1 unspecified atom stereocenters. The van der Waals surface area contributed by atoms with Gasteiger partial charge in [0.15, 0.2) is 0 Å². The Balaban J connectivity index is 1.44. The van der Waals surface area contributed by atoms with Gasteiger partial charge in [-0.1, -0.05) is 43.3 Å². The fourth-order valence-electron chi connectivity index (χ4n) is 4.86. The SMILES string of the molecule is CC(CNS(=O)(=O)C(C)C)C1CCC(O)(c2ccc(CCNS(=O)(=O)CCc3ccc(F)cc3)cc2)CC1. The Morgan fingerprint density at radius 2 is 1.45 bits per heavy atom. The molecule has 0 aliphatic heterocycles. The number of nitrogens with one attached hydrogen (secondary N) is 2. The van der Waals surface area contributed by atoms with E-state index >= 15 is 0 Å². The number of aliphatic hydroxyl groups is 1. The van der Waals surface area contributed by atoms with Gasteiger partial charge in [-0.2, -0.15) is 0 Å². The number of sulfonamides is 2. The Morgan fingerprint density at radius 1 is 0.895 bits per heavy atom. The van der Waals surface area contributed by atoms with E-state index in [0.717, 1.165) is 29.5 Å². The van der Waals surface area contributed by atoms with Crippen LogP contribution < -0.4 is 9.44 Å². The van der Waals surface area contributed by atoms with Gasteiger partial charge in [0, 0.05) is 13.1 Å². The van der Waals surface area contributed by atoms with Crippen molar-refractivity contribution in [2.24, 2.45) is 11.8 Å². The summed E-state index contributed by atoms with van der Waals surface area (Å²) in [4.78, 5) is 0. The molecular weight excluding hydrogens is 527 g/mol. The molecule has 10 heteroatoms. The monoisotopic (exact) mass is 568 g/mol. The largest absolute Gasteiger partial charge is 0.385 e. The van der Waals surface area contributed by atoms with Crippen LogP contribution in [0.5, 0.6) is 0 Å². The second kappa shape index (κ2) is 13.0. The van der Waals surface area contributed by atoms with Crippen molar-refractivity contribution in [2.75, 3.05) is 18.8 Å². The van der Waals surface area contributed by atoms with E-state index in [4.69, 9.17) is 0 Å². The van der Waals surface area contributed by atoms with E-state index in [1.807, 2.05) is 24.3 Å². The molecular formula is C28H41FN2O5S2. The lowest BCUT2D eigenvalue weighted by Gasteiger charge is -2.38. The lowest BCUT2D eigenvalue weighted by atomic mass is 9.71. The maximum absolute atomic E-state index is 13.0. The molecule has 3 rings (SSSR count). The molecule has 0 amide bonds. The number of rotatable bonds is 13. The summed E-state index contributed by atoms with van der Waals surface area (Å²) in [5.74, 6) is 0.128. The fourth-order valence-corrected chi connectivity index (χ4v) is 6.75. The summed E-state index contributed by atoms with van der Waals surface area (Å²) >= 11 is 0. The summed E-state index contributed by atoms with van der Waals surface area (Å²) < 4.78 is 67.0. The standard InChI is InChI=1S/C28H41FN2O5S2/c1-21(2)38(35,36)31-20-22(3)25-12-16-28(32,17-13-25)26-8-4-23(5-9-26)14-18-30-37(33,34)19-15-24-6-10-27(29)11-7-24/h4-11,21-22,25,30-32H,12-20H2,1-3H3. The maximum atomic E-state index is 13.0. The zero-order valence-electron chi connectivity index (χ0n) is 22.5. The number of hydrogen-bond acceptors (Lipinski definition) is 5. The Kier molecular flexibility index (Phi) is 10.5. The maximum Gasteiger partial charge on any atom is 0.213 e. The van der Waals surface area contributed by atoms with Gasteiger partial charge < -0.3 is 5.11 Å². The quantitative estimate of drug-likeness (QED) is 0.340. The van der Waals surface area contributed by atoms with Crippen molar-refractivity contribution in [3.63, 3.8) is 0 Å². The summed E-state index contributed by atoms with van der Waals surface area (Å²) in [5, 5.41) is 10.8. The topological polar surface area (TPSA) is 113 Å². The molecule has 0 saturated heterocycles. The third-order valence-electron chi connectivity index (χ3n) is 7.69. The van der Waals surface area contributed by atoms with Crippen LogP contribution in [0.25, 0.3) is 0 Å². The molecule has 38 heavy (non-hydrogen) atoms. The third-order valence-corrected chi connectivity index (χ3v) is 10.9. The normalized spacial score (nSPS) is 21.5. The van der Waals surface area contributed by atoms with Crippen LogP contribution in [0.15, 0.2) is 48.5 Å². The fraction of sp³-hybridized carbons (Fsp3) is 0.571. The van der Waals surface area contributed by atoms with Crippen LogP contribution in [0, 0.1) is 17.7 Å². The predicted octanol–water partition coefficient (Wildman–Crippen LogP) is 3.87. The van der Waals surface area contributed by atoms with Crippen LogP contribution in [0.2, 0.25) is 0 Å². The molecule has 212 valence electrons. The van der Waals surface area contributed by atoms with Crippen molar-refractivity contribution >= 4 is 20.0 Å². The van der Waals surface area contributed by atoms with E-state index in [0.29, 0.717) is 38.1 Å². The number of benzene rings is 2. The van der Waals surface area contributed by atoms with Gasteiger partial charge in [-0.05, 0) is 93.0 Å². The zero-order valence-corrected chi connectivity index (χ0v) is 24.1. The highest BCUT2D eigenvalue weighted by Crippen LogP contribution is 2.41. The molecule has 1 saturated carbocycles. The molecule has 1 atom stereocenters. The second-order valence-corrected chi connectivity index (χ2v) is 15.1.